The minimum absolute atomic E-state index is 0.0438. The number of fused-ring (bicyclic) bond motifs is 6. The molecular formula is C23H19ClF3N3O. The van der Waals surface area contributed by atoms with Crippen molar-refractivity contribution in [2.24, 2.45) is 5.41 Å². The molecule has 3 aromatic rings. The zero-order valence-corrected chi connectivity index (χ0v) is 17.6. The third kappa shape index (κ3) is 2.72. The second-order valence-corrected chi connectivity index (χ2v) is 9.22. The number of anilines is 1. The van der Waals surface area contributed by atoms with Crippen LogP contribution in [0.3, 0.4) is 0 Å². The van der Waals surface area contributed by atoms with Crippen molar-refractivity contribution in [3.05, 3.63) is 64.4 Å². The van der Waals surface area contributed by atoms with E-state index in [0.717, 1.165) is 35.8 Å². The van der Waals surface area contributed by atoms with Gasteiger partial charge in [0.25, 0.3) is 0 Å². The number of alkyl halides is 3. The van der Waals surface area contributed by atoms with Gasteiger partial charge in [-0.05, 0) is 48.6 Å². The molecule has 2 aliphatic rings. The molecule has 0 radical (unpaired) electrons. The smallest absolute Gasteiger partial charge is 0.324 e. The summed E-state index contributed by atoms with van der Waals surface area (Å²) in [6.45, 7) is 4.01. The van der Waals surface area contributed by atoms with E-state index in [9.17, 15) is 18.0 Å². The SMILES string of the molecule is CC1(C)C2CCC1(C(=O)Nc1cc(C(F)(F)F)ccc1Cl)c1nc3ccccc3nc12. The number of hydrogen-bond donors (Lipinski definition) is 1. The van der Waals surface area contributed by atoms with Crippen LogP contribution in [0.5, 0.6) is 0 Å². The lowest BCUT2D eigenvalue weighted by molar-refractivity contribution is -0.137. The maximum atomic E-state index is 13.7. The van der Waals surface area contributed by atoms with Crippen LogP contribution in [0.4, 0.5) is 18.9 Å². The topological polar surface area (TPSA) is 54.9 Å². The monoisotopic (exact) mass is 445 g/mol. The van der Waals surface area contributed by atoms with E-state index in [2.05, 4.69) is 5.32 Å². The fraction of sp³-hybridized carbons (Fsp3) is 0.348. The molecule has 1 saturated carbocycles. The van der Waals surface area contributed by atoms with Crippen LogP contribution in [0.15, 0.2) is 42.5 Å². The molecule has 1 aromatic heterocycles. The lowest BCUT2D eigenvalue weighted by Gasteiger charge is -2.36. The summed E-state index contributed by atoms with van der Waals surface area (Å²) in [5.41, 5.74) is 0.457. The Hall–Kier alpha value is -2.67. The minimum atomic E-state index is -4.54. The van der Waals surface area contributed by atoms with E-state index in [1.807, 2.05) is 38.1 Å². The average molecular weight is 446 g/mol. The molecule has 2 aliphatic carbocycles. The molecule has 1 fully saturated rings. The first-order chi connectivity index (χ1) is 14.6. The van der Waals surface area contributed by atoms with Gasteiger partial charge in [-0.15, -0.1) is 0 Å². The molecular weight excluding hydrogens is 427 g/mol. The molecule has 1 N–H and O–H groups in total. The highest BCUT2D eigenvalue weighted by Crippen LogP contribution is 2.67. The van der Waals surface area contributed by atoms with E-state index in [1.54, 1.807) is 0 Å². The number of benzene rings is 2. The number of amides is 1. The van der Waals surface area contributed by atoms with E-state index in [4.69, 9.17) is 21.6 Å². The average Bonchev–Trinajstić information content (AvgIpc) is 3.08. The molecule has 0 saturated heterocycles. The number of nitrogens with one attached hydrogen (secondary N) is 1. The second kappa shape index (κ2) is 6.42. The molecule has 4 nitrogen and oxygen atoms in total. The Labute approximate surface area is 181 Å². The summed E-state index contributed by atoms with van der Waals surface area (Å²) >= 11 is 6.14. The zero-order valence-electron chi connectivity index (χ0n) is 16.8. The minimum Gasteiger partial charge on any atom is -0.324 e. The molecule has 5 rings (SSSR count). The zero-order chi connectivity index (χ0) is 22.2. The predicted octanol–water partition coefficient (Wildman–Crippen LogP) is 6.10. The summed E-state index contributed by atoms with van der Waals surface area (Å²) in [7, 11) is 0. The molecule has 8 heteroatoms. The van der Waals surface area contributed by atoms with Gasteiger partial charge in [0.05, 0.1) is 44.1 Å². The fourth-order valence-corrected chi connectivity index (χ4v) is 5.52. The molecule has 0 spiro atoms. The van der Waals surface area contributed by atoms with Gasteiger partial charge in [-0.25, -0.2) is 9.97 Å². The maximum Gasteiger partial charge on any atom is 0.416 e. The number of aromatic nitrogens is 2. The Bertz CT molecular complexity index is 1240. The Balaban J connectivity index is 1.62. The van der Waals surface area contributed by atoms with Crippen molar-refractivity contribution in [2.45, 2.75) is 44.2 Å². The molecule has 2 bridgehead atoms. The van der Waals surface area contributed by atoms with Gasteiger partial charge in [0.1, 0.15) is 0 Å². The second-order valence-electron chi connectivity index (χ2n) is 8.81. The van der Waals surface area contributed by atoms with Gasteiger partial charge in [-0.2, -0.15) is 13.2 Å². The van der Waals surface area contributed by atoms with Gasteiger partial charge in [-0.3, -0.25) is 4.79 Å². The largest absolute Gasteiger partial charge is 0.416 e. The van der Waals surface area contributed by atoms with Crippen molar-refractivity contribution in [3.63, 3.8) is 0 Å². The number of halogens is 4. The quantitative estimate of drug-likeness (QED) is 0.519. The molecule has 2 unspecified atom stereocenters. The predicted molar refractivity (Wildman–Crippen MR) is 112 cm³/mol. The first-order valence-corrected chi connectivity index (χ1v) is 10.4. The van der Waals surface area contributed by atoms with E-state index < -0.39 is 28.5 Å². The van der Waals surface area contributed by atoms with Crippen molar-refractivity contribution in [3.8, 4) is 0 Å². The Kier molecular flexibility index (Phi) is 4.19. The highest BCUT2D eigenvalue weighted by atomic mass is 35.5. The van der Waals surface area contributed by atoms with Gasteiger partial charge in [0.2, 0.25) is 5.91 Å². The normalized spacial score (nSPS) is 23.7. The van der Waals surface area contributed by atoms with Crippen LogP contribution in [0.2, 0.25) is 5.02 Å². The standard InChI is InChI=1S/C23H19ClF3N3O/c1-21(2)13-9-10-22(21,19-18(13)28-15-5-3-4-6-16(15)29-19)20(31)30-17-11-12(23(25,26)27)7-8-14(17)24/h3-8,11,13H,9-10H2,1-2H3,(H,30,31). The fourth-order valence-electron chi connectivity index (χ4n) is 5.35. The number of nitrogens with zero attached hydrogens (tertiary/aromatic N) is 2. The summed E-state index contributed by atoms with van der Waals surface area (Å²) in [5.74, 6) is -0.355. The summed E-state index contributed by atoms with van der Waals surface area (Å²) < 4.78 is 39.5. The molecule has 0 aliphatic heterocycles. The van der Waals surface area contributed by atoms with Crippen molar-refractivity contribution < 1.29 is 18.0 Å². The number of carbonyl (C=O) groups is 1. The third-order valence-corrected chi connectivity index (χ3v) is 7.37. The molecule has 31 heavy (non-hydrogen) atoms. The summed E-state index contributed by atoms with van der Waals surface area (Å²) in [4.78, 5) is 23.3. The summed E-state index contributed by atoms with van der Waals surface area (Å²) in [5, 5.41) is 2.74. The maximum absolute atomic E-state index is 13.7. The highest BCUT2D eigenvalue weighted by Gasteiger charge is 2.67. The van der Waals surface area contributed by atoms with E-state index in [-0.39, 0.29) is 16.6 Å². The van der Waals surface area contributed by atoms with Crippen LogP contribution < -0.4 is 5.32 Å². The Morgan fingerprint density at radius 1 is 1.13 bits per heavy atom. The Morgan fingerprint density at radius 3 is 2.48 bits per heavy atom. The lowest BCUT2D eigenvalue weighted by Crippen LogP contribution is -2.46. The van der Waals surface area contributed by atoms with Gasteiger partial charge >= 0.3 is 6.18 Å². The number of para-hydroxylation sites is 2. The lowest BCUT2D eigenvalue weighted by atomic mass is 9.67. The van der Waals surface area contributed by atoms with Crippen LogP contribution in [0, 0.1) is 5.41 Å². The van der Waals surface area contributed by atoms with Crippen molar-refractivity contribution in [1.29, 1.82) is 0 Å². The third-order valence-electron chi connectivity index (χ3n) is 7.04. The van der Waals surface area contributed by atoms with Crippen molar-refractivity contribution in [1.82, 2.24) is 9.97 Å². The van der Waals surface area contributed by atoms with E-state index >= 15 is 0 Å². The molecule has 1 amide bonds. The molecule has 1 heterocycles. The first-order valence-electron chi connectivity index (χ1n) is 10.0. The first kappa shape index (κ1) is 20.2. The van der Waals surface area contributed by atoms with E-state index in [0.29, 0.717) is 17.6 Å². The van der Waals surface area contributed by atoms with Crippen molar-refractivity contribution in [2.75, 3.05) is 5.32 Å². The van der Waals surface area contributed by atoms with Gasteiger partial charge in [0, 0.05) is 5.92 Å². The van der Waals surface area contributed by atoms with Crippen LogP contribution >= 0.6 is 11.6 Å². The van der Waals surface area contributed by atoms with Crippen LogP contribution in [-0.4, -0.2) is 15.9 Å². The Morgan fingerprint density at radius 2 is 1.81 bits per heavy atom. The van der Waals surface area contributed by atoms with Crippen molar-refractivity contribution >= 4 is 34.2 Å². The van der Waals surface area contributed by atoms with Gasteiger partial charge in [0.15, 0.2) is 0 Å². The highest BCUT2D eigenvalue weighted by molar-refractivity contribution is 6.33. The number of carbonyl (C=O) groups excluding carboxylic acids is 1. The molecule has 2 aromatic carbocycles. The number of rotatable bonds is 2. The summed E-state index contributed by atoms with van der Waals surface area (Å²) in [6, 6.07) is 10.4. The van der Waals surface area contributed by atoms with Crippen LogP contribution in [0.25, 0.3) is 11.0 Å². The molecule has 2 atom stereocenters. The van der Waals surface area contributed by atoms with Gasteiger partial charge in [-0.1, -0.05) is 37.6 Å². The van der Waals surface area contributed by atoms with Crippen LogP contribution in [0.1, 0.15) is 49.6 Å². The molecule has 160 valence electrons. The van der Waals surface area contributed by atoms with E-state index in [1.165, 1.54) is 0 Å². The van der Waals surface area contributed by atoms with Crippen LogP contribution in [-0.2, 0) is 16.4 Å². The summed E-state index contributed by atoms with van der Waals surface area (Å²) in [6.07, 6.45) is -3.23. The number of hydrogen-bond acceptors (Lipinski definition) is 3. The van der Waals surface area contributed by atoms with Gasteiger partial charge < -0.3 is 5.32 Å².